The van der Waals surface area contributed by atoms with Gasteiger partial charge in [0.05, 0.1) is 22.9 Å². The number of nitrogens with zero attached hydrogens (tertiary/aromatic N) is 2. The number of aryl methyl sites for hydroxylation is 3. The van der Waals surface area contributed by atoms with Gasteiger partial charge in [0.2, 0.25) is 0 Å². The minimum atomic E-state index is -0.890. The quantitative estimate of drug-likeness (QED) is 0.217. The van der Waals surface area contributed by atoms with Gasteiger partial charge in [-0.25, -0.2) is 4.57 Å². The molecule has 2 heterocycles. The van der Waals surface area contributed by atoms with Crippen molar-refractivity contribution in [3.8, 4) is 28.2 Å². The van der Waals surface area contributed by atoms with Gasteiger partial charge in [-0.2, -0.15) is 4.57 Å². The molecule has 0 fully saturated rings. The third-order valence-corrected chi connectivity index (χ3v) is 9.55. The molecule has 202 valence electrons. The molecule has 0 bridgehead atoms. The van der Waals surface area contributed by atoms with Gasteiger partial charge in [-0.05, 0) is 80.3 Å². The second-order valence-corrected chi connectivity index (χ2v) is 12.6. The van der Waals surface area contributed by atoms with Crippen molar-refractivity contribution >= 4 is 42.5 Å². The van der Waals surface area contributed by atoms with Gasteiger partial charge in [-0.15, -0.1) is 11.3 Å². The van der Waals surface area contributed by atoms with Gasteiger partial charge in [-0.1, -0.05) is 72.8 Å². The van der Waals surface area contributed by atoms with Crippen molar-refractivity contribution in [2.75, 3.05) is 0 Å². The summed E-state index contributed by atoms with van der Waals surface area (Å²) in [5.41, 5.74) is 9.68. The molecular weight excluding hydrogens is 520 g/mol. The van der Waals surface area contributed by atoms with Crippen molar-refractivity contribution in [3.63, 3.8) is 0 Å². The van der Waals surface area contributed by atoms with Crippen LogP contribution in [-0.4, -0.2) is 9.67 Å². The topological polar surface area (TPSA) is 29.0 Å². The van der Waals surface area contributed by atoms with Crippen LogP contribution >= 0.6 is 11.3 Å². The van der Waals surface area contributed by atoms with Crippen molar-refractivity contribution in [2.24, 2.45) is 7.05 Å². The normalized spacial score (nSPS) is 12.1. The van der Waals surface area contributed by atoms with Crippen LogP contribution in [0.5, 0.6) is 0 Å². The highest BCUT2D eigenvalue weighted by molar-refractivity contribution is 7.26. The number of hydrogen-bond acceptors (Lipinski definition) is 2. The fourth-order valence-electron chi connectivity index (χ4n) is 6.15. The number of benzene rings is 5. The molecule has 2 aromatic heterocycles. The van der Waals surface area contributed by atoms with E-state index in [0.717, 1.165) is 17.1 Å². The first-order valence-electron chi connectivity index (χ1n) is 14.1. The lowest BCUT2D eigenvalue weighted by atomic mass is 9.98. The number of fused-ring (bicyclic) bond motifs is 4. The van der Waals surface area contributed by atoms with E-state index in [4.69, 9.17) is 0 Å². The molecule has 0 aliphatic rings. The summed E-state index contributed by atoms with van der Waals surface area (Å²) < 4.78 is 7.34. The van der Waals surface area contributed by atoms with E-state index in [0.29, 0.717) is 0 Å². The Kier molecular flexibility index (Phi) is 5.90. The number of aromatic nitrogens is 2. The summed E-state index contributed by atoms with van der Waals surface area (Å²) in [5.74, 6) is 1.16. The molecule has 3 nitrogen and oxygen atoms in total. The van der Waals surface area contributed by atoms with Crippen molar-refractivity contribution < 1.29 is 9.67 Å². The lowest BCUT2D eigenvalue weighted by molar-refractivity contribution is -0.633. The summed E-state index contributed by atoms with van der Waals surface area (Å²) in [6, 6.07) is 36.9. The fraction of sp³-hybridized carbons (Fsp3) is 0.162. The van der Waals surface area contributed by atoms with Crippen molar-refractivity contribution in [2.45, 2.75) is 33.3 Å². The smallest absolute Gasteiger partial charge is 0.296 e. The Balaban J connectivity index is 1.54. The summed E-state index contributed by atoms with van der Waals surface area (Å²) in [4.78, 5) is 0. The zero-order valence-electron chi connectivity index (χ0n) is 24.1. The Morgan fingerprint density at radius 1 is 0.732 bits per heavy atom. The molecule has 4 heteroatoms. The van der Waals surface area contributed by atoms with Gasteiger partial charge in [0.25, 0.3) is 5.82 Å². The van der Waals surface area contributed by atoms with E-state index in [1.807, 2.05) is 37.3 Å². The monoisotopic (exact) mass is 553 g/mol. The Morgan fingerprint density at radius 2 is 1.49 bits per heavy atom. The van der Waals surface area contributed by atoms with Crippen LogP contribution in [0.1, 0.15) is 30.5 Å². The second kappa shape index (κ2) is 9.41. The van der Waals surface area contributed by atoms with Gasteiger partial charge >= 0.3 is 0 Å². The van der Waals surface area contributed by atoms with E-state index in [-0.39, 0.29) is 0 Å². The SMILES string of the molecule is Cc1ccc2c(sc3ccc(-c4ccccc4)cc32)c1-c1n(-c2ccc(C(C)(C)O)cc2)c2c(C)cccc2[n+]1C. The van der Waals surface area contributed by atoms with Crippen molar-refractivity contribution in [1.29, 1.82) is 0 Å². The standard InChI is InChI=1S/C37H33N2OS/c1-23-14-20-29-30-22-26(25-11-7-6-8-12-25)15-21-32(30)41-35(29)33(23)36-38(5)31-13-9-10-24(2)34(31)39(36)28-18-16-27(17-19-28)37(3,4)40/h6-22,40H,1-5H3/q+1. The molecule has 5 aromatic carbocycles. The average Bonchev–Trinajstić information content (AvgIpc) is 3.48. The van der Waals surface area contributed by atoms with E-state index in [9.17, 15) is 5.11 Å². The Morgan fingerprint density at radius 3 is 2.22 bits per heavy atom. The molecular formula is C37H33N2OS+. The molecule has 0 radical (unpaired) electrons. The Labute approximate surface area is 244 Å². The minimum absolute atomic E-state index is 0.890. The maximum Gasteiger partial charge on any atom is 0.296 e. The molecule has 0 saturated carbocycles. The zero-order chi connectivity index (χ0) is 28.5. The van der Waals surface area contributed by atoms with E-state index in [1.54, 1.807) is 0 Å². The average molecular weight is 554 g/mol. The Bertz CT molecular complexity index is 2090. The summed E-state index contributed by atoms with van der Waals surface area (Å²) in [5, 5.41) is 13.2. The highest BCUT2D eigenvalue weighted by atomic mass is 32.1. The third kappa shape index (κ3) is 4.09. The summed E-state index contributed by atoms with van der Waals surface area (Å²) in [6.07, 6.45) is 0. The molecule has 41 heavy (non-hydrogen) atoms. The van der Waals surface area contributed by atoms with Gasteiger partial charge in [0.1, 0.15) is 5.69 Å². The molecule has 7 rings (SSSR count). The first-order chi connectivity index (χ1) is 19.7. The minimum Gasteiger partial charge on any atom is -0.386 e. The molecule has 0 saturated heterocycles. The molecule has 0 aliphatic heterocycles. The van der Waals surface area contributed by atoms with E-state index >= 15 is 0 Å². The first-order valence-corrected chi connectivity index (χ1v) is 14.9. The van der Waals surface area contributed by atoms with Crippen LogP contribution in [0.3, 0.4) is 0 Å². The molecule has 0 amide bonds. The summed E-state index contributed by atoms with van der Waals surface area (Å²) in [7, 11) is 2.18. The third-order valence-electron chi connectivity index (χ3n) is 8.34. The number of hydrogen-bond donors (Lipinski definition) is 1. The number of para-hydroxylation sites is 1. The fourth-order valence-corrected chi connectivity index (χ4v) is 7.43. The predicted octanol–water partition coefficient (Wildman–Crippen LogP) is 9.00. The van der Waals surface area contributed by atoms with Gasteiger partial charge in [-0.3, -0.25) is 0 Å². The van der Waals surface area contributed by atoms with Gasteiger partial charge < -0.3 is 5.11 Å². The molecule has 7 aromatic rings. The van der Waals surface area contributed by atoms with E-state index in [1.165, 1.54) is 59.0 Å². The molecule has 0 unspecified atom stereocenters. The molecule has 1 N–H and O–H groups in total. The summed E-state index contributed by atoms with van der Waals surface area (Å²) >= 11 is 1.87. The summed E-state index contributed by atoms with van der Waals surface area (Å²) in [6.45, 7) is 8.07. The maximum atomic E-state index is 10.6. The van der Waals surface area contributed by atoms with Crippen LogP contribution in [0.4, 0.5) is 0 Å². The molecule has 0 atom stereocenters. The van der Waals surface area contributed by atoms with Crippen molar-refractivity contribution in [1.82, 2.24) is 4.57 Å². The lowest BCUT2D eigenvalue weighted by Crippen LogP contribution is -2.30. The van der Waals surface area contributed by atoms with E-state index < -0.39 is 5.60 Å². The highest BCUT2D eigenvalue weighted by Gasteiger charge is 2.31. The number of aliphatic hydroxyl groups is 1. The first kappa shape index (κ1) is 25.7. The molecule has 0 aliphatic carbocycles. The van der Waals surface area contributed by atoms with Crippen LogP contribution in [0.2, 0.25) is 0 Å². The Hall–Kier alpha value is -4.25. The number of rotatable bonds is 4. The van der Waals surface area contributed by atoms with Crippen molar-refractivity contribution in [3.05, 3.63) is 120 Å². The van der Waals surface area contributed by atoms with Crippen LogP contribution < -0.4 is 4.57 Å². The lowest BCUT2D eigenvalue weighted by Gasteiger charge is -2.17. The van der Waals surface area contributed by atoms with E-state index in [2.05, 4.69) is 121 Å². The maximum absolute atomic E-state index is 10.6. The van der Waals surface area contributed by atoms with Crippen LogP contribution in [0.15, 0.2) is 103 Å². The largest absolute Gasteiger partial charge is 0.386 e. The van der Waals surface area contributed by atoms with Gasteiger partial charge in [0.15, 0.2) is 11.0 Å². The number of imidazole rings is 1. The second-order valence-electron chi connectivity index (χ2n) is 11.6. The van der Waals surface area contributed by atoms with Crippen LogP contribution in [0.25, 0.3) is 59.4 Å². The van der Waals surface area contributed by atoms with Crippen LogP contribution in [0, 0.1) is 13.8 Å². The number of thiophene rings is 1. The van der Waals surface area contributed by atoms with Gasteiger partial charge in [0, 0.05) is 21.0 Å². The zero-order valence-corrected chi connectivity index (χ0v) is 24.9. The molecule has 0 spiro atoms. The van der Waals surface area contributed by atoms with Crippen LogP contribution in [-0.2, 0) is 12.6 Å². The predicted molar refractivity (Wildman–Crippen MR) is 173 cm³/mol. The highest BCUT2D eigenvalue weighted by Crippen LogP contribution is 2.43.